The van der Waals surface area contributed by atoms with E-state index in [1.165, 1.54) is 0 Å². The van der Waals surface area contributed by atoms with Gasteiger partial charge in [-0.1, -0.05) is 18.2 Å². The summed E-state index contributed by atoms with van der Waals surface area (Å²) in [6.45, 7) is 4.03. The number of furan rings is 1. The fourth-order valence-electron chi connectivity index (χ4n) is 4.15. The number of anilines is 1. The van der Waals surface area contributed by atoms with Gasteiger partial charge in [-0.25, -0.2) is 4.79 Å². The molecule has 0 amide bonds. The topological polar surface area (TPSA) is 93.2 Å². The lowest BCUT2D eigenvalue weighted by atomic mass is 10.0. The van der Waals surface area contributed by atoms with Crippen LogP contribution in [0.4, 0.5) is 5.69 Å². The third-order valence-electron chi connectivity index (χ3n) is 5.64. The van der Waals surface area contributed by atoms with Crippen molar-refractivity contribution in [3.63, 3.8) is 0 Å². The molecule has 5 aromatic rings. The van der Waals surface area contributed by atoms with Crippen LogP contribution in [0.1, 0.15) is 34.5 Å². The first kappa shape index (κ1) is 19.8. The van der Waals surface area contributed by atoms with E-state index in [4.69, 9.17) is 4.42 Å². The number of carboxylic acids is 1. The van der Waals surface area contributed by atoms with Gasteiger partial charge in [0.25, 0.3) is 0 Å². The Hall–Kier alpha value is -4.13. The van der Waals surface area contributed by atoms with Crippen molar-refractivity contribution in [3.8, 4) is 11.1 Å². The van der Waals surface area contributed by atoms with Crippen LogP contribution in [-0.4, -0.2) is 25.8 Å². The molecule has 3 heterocycles. The van der Waals surface area contributed by atoms with Gasteiger partial charge in [0.05, 0.1) is 17.8 Å². The van der Waals surface area contributed by atoms with E-state index >= 15 is 0 Å². The van der Waals surface area contributed by atoms with E-state index in [0.29, 0.717) is 11.3 Å². The molecule has 7 nitrogen and oxygen atoms in total. The predicted molar refractivity (Wildman–Crippen MR) is 124 cm³/mol. The molecule has 1 atom stereocenters. The molecule has 0 saturated carbocycles. The Kier molecular flexibility index (Phi) is 4.66. The second-order valence-corrected chi connectivity index (χ2v) is 7.99. The minimum atomic E-state index is -0.969. The first-order valence-corrected chi connectivity index (χ1v) is 10.3. The number of aryl methyl sites for hydroxylation is 2. The molecule has 7 heteroatoms. The second-order valence-electron chi connectivity index (χ2n) is 7.99. The van der Waals surface area contributed by atoms with Crippen molar-refractivity contribution in [1.29, 1.82) is 0 Å². The van der Waals surface area contributed by atoms with Crippen LogP contribution in [0.15, 0.2) is 65.5 Å². The van der Waals surface area contributed by atoms with Gasteiger partial charge in [0, 0.05) is 47.2 Å². The molecule has 2 aromatic carbocycles. The van der Waals surface area contributed by atoms with Crippen molar-refractivity contribution in [2.24, 2.45) is 7.05 Å². The van der Waals surface area contributed by atoms with Crippen molar-refractivity contribution in [3.05, 3.63) is 77.7 Å². The molecule has 3 aromatic heterocycles. The number of hydrogen-bond acceptors (Lipinski definition) is 5. The van der Waals surface area contributed by atoms with Gasteiger partial charge >= 0.3 is 5.97 Å². The van der Waals surface area contributed by atoms with Crippen molar-refractivity contribution in [2.45, 2.75) is 19.9 Å². The molecule has 0 bridgehead atoms. The number of carboxylic acid groups (broad SMARTS) is 1. The van der Waals surface area contributed by atoms with Crippen LogP contribution >= 0.6 is 0 Å². The number of carbonyl (C=O) groups is 1. The summed E-state index contributed by atoms with van der Waals surface area (Å²) in [5.74, 6) is -0.969. The number of fused-ring (bicyclic) bond motifs is 3. The maximum atomic E-state index is 11.6. The molecule has 0 radical (unpaired) electrons. The van der Waals surface area contributed by atoms with E-state index in [0.717, 1.165) is 38.7 Å². The zero-order chi connectivity index (χ0) is 22.4. The number of benzene rings is 2. The van der Waals surface area contributed by atoms with E-state index < -0.39 is 5.97 Å². The van der Waals surface area contributed by atoms with E-state index in [9.17, 15) is 9.90 Å². The minimum Gasteiger partial charge on any atom is -0.478 e. The number of aromatic nitrogens is 3. The number of aromatic carboxylic acids is 1. The van der Waals surface area contributed by atoms with Gasteiger partial charge in [0.1, 0.15) is 11.1 Å². The molecule has 0 aliphatic rings. The van der Waals surface area contributed by atoms with Gasteiger partial charge in [-0.2, -0.15) is 5.10 Å². The maximum absolute atomic E-state index is 11.6. The average molecular weight is 426 g/mol. The molecule has 0 aliphatic heterocycles. The summed E-state index contributed by atoms with van der Waals surface area (Å²) in [7, 11) is 1.88. The number of hydrogen-bond donors (Lipinski definition) is 2. The quantitative estimate of drug-likeness (QED) is 0.382. The van der Waals surface area contributed by atoms with Crippen molar-refractivity contribution >= 4 is 33.7 Å². The Bertz CT molecular complexity index is 1480. The number of nitrogens with one attached hydrogen (secondary N) is 1. The van der Waals surface area contributed by atoms with Crippen LogP contribution in [0, 0.1) is 6.92 Å². The summed E-state index contributed by atoms with van der Waals surface area (Å²) in [6, 6.07) is 12.8. The molecule has 0 spiro atoms. The molecular weight excluding hydrogens is 404 g/mol. The molecule has 0 fully saturated rings. The Morgan fingerprint density at radius 2 is 2.00 bits per heavy atom. The van der Waals surface area contributed by atoms with Crippen molar-refractivity contribution in [2.75, 3.05) is 5.32 Å². The van der Waals surface area contributed by atoms with Gasteiger partial charge in [-0.3, -0.25) is 9.67 Å². The maximum Gasteiger partial charge on any atom is 0.337 e. The third kappa shape index (κ3) is 3.28. The lowest BCUT2D eigenvalue weighted by Crippen LogP contribution is -2.11. The normalized spacial score (nSPS) is 12.3. The van der Waals surface area contributed by atoms with Crippen LogP contribution in [0.2, 0.25) is 0 Å². The fourth-order valence-corrected chi connectivity index (χ4v) is 4.15. The Labute approximate surface area is 184 Å². The molecule has 160 valence electrons. The molecule has 2 N–H and O–H groups in total. The predicted octanol–water partition coefficient (Wildman–Crippen LogP) is 5.56. The van der Waals surface area contributed by atoms with E-state index in [1.54, 1.807) is 35.3 Å². The van der Waals surface area contributed by atoms with Crippen molar-refractivity contribution in [1.82, 2.24) is 14.8 Å². The van der Waals surface area contributed by atoms with Crippen LogP contribution in [0.3, 0.4) is 0 Å². The molecular formula is C25H22N4O3. The number of pyridine rings is 1. The summed E-state index contributed by atoms with van der Waals surface area (Å²) in [6.07, 6.45) is 5.54. The first-order chi connectivity index (χ1) is 15.4. The lowest BCUT2D eigenvalue weighted by Gasteiger charge is -2.18. The molecule has 0 aliphatic carbocycles. The summed E-state index contributed by atoms with van der Waals surface area (Å²) in [5, 5.41) is 18.1. The van der Waals surface area contributed by atoms with E-state index in [-0.39, 0.29) is 11.6 Å². The van der Waals surface area contributed by atoms with Crippen LogP contribution in [-0.2, 0) is 7.05 Å². The number of para-hydroxylation sites is 1. The first-order valence-electron chi connectivity index (χ1n) is 10.3. The molecule has 0 unspecified atom stereocenters. The molecule has 0 saturated heterocycles. The molecule has 32 heavy (non-hydrogen) atoms. The van der Waals surface area contributed by atoms with Gasteiger partial charge < -0.3 is 14.8 Å². The van der Waals surface area contributed by atoms with Crippen molar-refractivity contribution < 1.29 is 14.3 Å². The van der Waals surface area contributed by atoms with Gasteiger partial charge in [-0.05, 0) is 43.7 Å². The minimum absolute atomic E-state index is 0.194. The lowest BCUT2D eigenvalue weighted by molar-refractivity contribution is 0.0698. The standard InChI is InChI=1S/C25H22N4O3/c1-14-10-19(15(2)28-21-7-5-4-6-18(21)25(30)31)23-20(11-14)22-24(32-23)17(8-9-26-22)16-12-27-29(3)13-16/h4-13,15,28H,1-3H3,(H,30,31)/t15-/m1/s1. The smallest absolute Gasteiger partial charge is 0.337 e. The fraction of sp³-hybridized carbons (Fsp3) is 0.160. The summed E-state index contributed by atoms with van der Waals surface area (Å²) in [4.78, 5) is 16.2. The Balaban J connectivity index is 1.66. The number of nitrogens with zero attached hydrogens (tertiary/aromatic N) is 3. The monoisotopic (exact) mass is 426 g/mol. The third-order valence-corrected chi connectivity index (χ3v) is 5.64. The highest BCUT2D eigenvalue weighted by Gasteiger charge is 2.21. The largest absolute Gasteiger partial charge is 0.478 e. The van der Waals surface area contributed by atoms with Crippen LogP contribution < -0.4 is 5.32 Å². The van der Waals surface area contributed by atoms with Crippen LogP contribution in [0.25, 0.3) is 33.2 Å². The van der Waals surface area contributed by atoms with Gasteiger partial charge in [0.2, 0.25) is 0 Å². The Morgan fingerprint density at radius 3 is 2.75 bits per heavy atom. The summed E-state index contributed by atoms with van der Waals surface area (Å²) < 4.78 is 8.17. The SMILES string of the molecule is Cc1cc([C@@H](C)Nc2ccccc2C(=O)O)c2oc3c(-c4cnn(C)c4)ccnc3c2c1. The summed E-state index contributed by atoms with van der Waals surface area (Å²) in [5.41, 5.74) is 6.94. The second kappa shape index (κ2) is 7.53. The van der Waals surface area contributed by atoms with Crippen LogP contribution in [0.5, 0.6) is 0 Å². The Morgan fingerprint density at radius 1 is 1.19 bits per heavy atom. The van der Waals surface area contributed by atoms with Gasteiger partial charge in [-0.15, -0.1) is 0 Å². The zero-order valence-electron chi connectivity index (χ0n) is 18.0. The summed E-state index contributed by atoms with van der Waals surface area (Å²) >= 11 is 0. The highest BCUT2D eigenvalue weighted by Crippen LogP contribution is 2.38. The highest BCUT2D eigenvalue weighted by atomic mass is 16.4. The average Bonchev–Trinajstić information content (AvgIpc) is 3.37. The zero-order valence-corrected chi connectivity index (χ0v) is 18.0. The van der Waals surface area contributed by atoms with E-state index in [1.807, 2.05) is 39.2 Å². The molecule has 5 rings (SSSR count). The number of rotatable bonds is 5. The van der Waals surface area contributed by atoms with Gasteiger partial charge in [0.15, 0.2) is 5.58 Å². The highest BCUT2D eigenvalue weighted by molar-refractivity contribution is 6.08. The van der Waals surface area contributed by atoms with E-state index in [2.05, 4.69) is 27.5 Å².